The van der Waals surface area contributed by atoms with Gasteiger partial charge in [-0.15, -0.1) is 11.8 Å². The van der Waals surface area contributed by atoms with Gasteiger partial charge in [-0.2, -0.15) is 0 Å². The maximum absolute atomic E-state index is 13.2. The van der Waals surface area contributed by atoms with Crippen molar-refractivity contribution in [1.82, 2.24) is 0 Å². The number of aromatic carboxylic acids is 1. The molecule has 104 valence electrons. The fourth-order valence-electron chi connectivity index (χ4n) is 1.61. The summed E-state index contributed by atoms with van der Waals surface area (Å²) in [6.07, 6.45) is 0. The predicted molar refractivity (Wildman–Crippen MR) is 76.0 cm³/mol. The molecule has 0 aromatic heterocycles. The summed E-state index contributed by atoms with van der Waals surface area (Å²) in [4.78, 5) is 11.9. The number of hydrogen-bond donors (Lipinski definition) is 1. The number of carboxylic acid groups (broad SMARTS) is 1. The van der Waals surface area contributed by atoms with Crippen LogP contribution >= 0.6 is 11.8 Å². The van der Waals surface area contributed by atoms with Crippen LogP contribution in [-0.2, 0) is 0 Å². The minimum atomic E-state index is -1.17. The third kappa shape index (κ3) is 4.28. The number of carboxylic acids is 1. The minimum Gasteiger partial charge on any atom is -0.493 e. The van der Waals surface area contributed by atoms with Crippen LogP contribution in [0.15, 0.2) is 53.4 Å². The number of thioether (sulfide) groups is 1. The van der Waals surface area contributed by atoms with E-state index in [1.54, 1.807) is 11.8 Å². The molecule has 0 radical (unpaired) electrons. The van der Waals surface area contributed by atoms with Gasteiger partial charge in [0.15, 0.2) is 0 Å². The number of halogens is 1. The van der Waals surface area contributed by atoms with E-state index in [-0.39, 0.29) is 11.3 Å². The number of hydrogen-bond acceptors (Lipinski definition) is 3. The highest BCUT2D eigenvalue weighted by atomic mass is 32.2. The molecule has 5 heteroatoms. The first-order valence-corrected chi connectivity index (χ1v) is 6.98. The standard InChI is InChI=1S/C15H13FO3S/c16-12-8-11(15(17)18)9-13(10-12)19-6-7-20-14-4-2-1-3-5-14/h1-5,8-10H,6-7H2,(H,17,18). The Morgan fingerprint density at radius 1 is 1.20 bits per heavy atom. The Balaban J connectivity index is 1.86. The third-order valence-electron chi connectivity index (χ3n) is 2.48. The highest BCUT2D eigenvalue weighted by molar-refractivity contribution is 7.99. The van der Waals surface area contributed by atoms with Crippen LogP contribution in [0.25, 0.3) is 0 Å². The molecular formula is C15H13FO3S. The van der Waals surface area contributed by atoms with Crippen LogP contribution in [0.3, 0.4) is 0 Å². The molecule has 0 saturated carbocycles. The first-order valence-electron chi connectivity index (χ1n) is 6.00. The van der Waals surface area contributed by atoms with E-state index in [4.69, 9.17) is 9.84 Å². The minimum absolute atomic E-state index is 0.115. The quantitative estimate of drug-likeness (QED) is 0.651. The van der Waals surface area contributed by atoms with E-state index in [0.29, 0.717) is 12.4 Å². The number of carbonyl (C=O) groups is 1. The molecule has 0 unspecified atom stereocenters. The van der Waals surface area contributed by atoms with Gasteiger partial charge in [-0.3, -0.25) is 0 Å². The summed E-state index contributed by atoms with van der Waals surface area (Å²) in [5.74, 6) is -0.858. The summed E-state index contributed by atoms with van der Waals surface area (Å²) in [5.41, 5.74) is -0.115. The molecule has 0 fully saturated rings. The van der Waals surface area contributed by atoms with Gasteiger partial charge >= 0.3 is 5.97 Å². The molecule has 3 nitrogen and oxygen atoms in total. The van der Waals surface area contributed by atoms with E-state index in [1.165, 1.54) is 12.1 Å². The molecule has 0 bridgehead atoms. The summed E-state index contributed by atoms with van der Waals surface area (Å²) in [6.45, 7) is 0.377. The molecule has 2 aromatic carbocycles. The van der Waals surface area contributed by atoms with Crippen molar-refractivity contribution in [2.75, 3.05) is 12.4 Å². The Morgan fingerprint density at radius 2 is 1.95 bits per heavy atom. The van der Waals surface area contributed by atoms with Crippen LogP contribution in [0.1, 0.15) is 10.4 Å². The highest BCUT2D eigenvalue weighted by Crippen LogP contribution is 2.19. The zero-order valence-corrected chi connectivity index (χ0v) is 11.4. The molecule has 0 amide bonds. The Kier molecular flexibility index (Phi) is 5.01. The maximum atomic E-state index is 13.2. The van der Waals surface area contributed by atoms with Gasteiger partial charge in [0.1, 0.15) is 11.6 Å². The molecule has 20 heavy (non-hydrogen) atoms. The lowest BCUT2D eigenvalue weighted by molar-refractivity contribution is 0.0695. The van der Waals surface area contributed by atoms with Crippen molar-refractivity contribution in [3.8, 4) is 5.75 Å². The van der Waals surface area contributed by atoms with Crippen molar-refractivity contribution in [3.05, 3.63) is 59.9 Å². The van der Waals surface area contributed by atoms with Crippen LogP contribution in [0.2, 0.25) is 0 Å². The molecule has 2 aromatic rings. The summed E-state index contributed by atoms with van der Waals surface area (Å²) < 4.78 is 18.6. The van der Waals surface area contributed by atoms with Crippen molar-refractivity contribution in [2.24, 2.45) is 0 Å². The molecule has 0 aliphatic heterocycles. The van der Waals surface area contributed by atoms with Gasteiger partial charge in [-0.25, -0.2) is 9.18 Å². The molecule has 0 spiro atoms. The van der Waals surface area contributed by atoms with Gasteiger partial charge in [0.25, 0.3) is 0 Å². The van der Waals surface area contributed by atoms with Gasteiger partial charge in [-0.1, -0.05) is 18.2 Å². The first-order chi connectivity index (χ1) is 9.65. The molecule has 0 heterocycles. The molecule has 0 atom stereocenters. The Hall–Kier alpha value is -2.01. The maximum Gasteiger partial charge on any atom is 0.335 e. The van der Waals surface area contributed by atoms with Gasteiger partial charge in [0.2, 0.25) is 0 Å². The monoisotopic (exact) mass is 292 g/mol. The average molecular weight is 292 g/mol. The van der Waals surface area contributed by atoms with E-state index in [2.05, 4.69) is 0 Å². The molecule has 2 rings (SSSR count). The zero-order chi connectivity index (χ0) is 14.4. The Bertz CT molecular complexity index is 587. The molecule has 0 saturated heterocycles. The van der Waals surface area contributed by atoms with Gasteiger partial charge in [0, 0.05) is 16.7 Å². The van der Waals surface area contributed by atoms with E-state index in [0.717, 1.165) is 11.0 Å². The lowest BCUT2D eigenvalue weighted by Crippen LogP contribution is -2.03. The zero-order valence-electron chi connectivity index (χ0n) is 10.6. The predicted octanol–water partition coefficient (Wildman–Crippen LogP) is 3.70. The summed E-state index contributed by atoms with van der Waals surface area (Å²) in [5, 5.41) is 8.83. The van der Waals surface area contributed by atoms with E-state index in [1.807, 2.05) is 30.3 Å². The van der Waals surface area contributed by atoms with Gasteiger partial charge < -0.3 is 9.84 Å². The van der Waals surface area contributed by atoms with Crippen LogP contribution in [0.4, 0.5) is 4.39 Å². The molecule has 1 N–H and O–H groups in total. The van der Waals surface area contributed by atoms with Crippen molar-refractivity contribution in [2.45, 2.75) is 4.90 Å². The number of ether oxygens (including phenoxy) is 1. The second-order valence-electron chi connectivity index (χ2n) is 3.99. The van der Waals surface area contributed by atoms with E-state index < -0.39 is 11.8 Å². The fourth-order valence-corrected chi connectivity index (χ4v) is 2.36. The number of benzene rings is 2. The van der Waals surface area contributed by atoms with Crippen LogP contribution < -0.4 is 4.74 Å². The largest absolute Gasteiger partial charge is 0.493 e. The molecule has 0 aliphatic carbocycles. The van der Waals surface area contributed by atoms with Crippen molar-refractivity contribution >= 4 is 17.7 Å². The summed E-state index contributed by atoms with van der Waals surface area (Å²) in [6, 6.07) is 13.3. The van der Waals surface area contributed by atoms with Crippen LogP contribution in [0.5, 0.6) is 5.75 Å². The average Bonchev–Trinajstić information content (AvgIpc) is 2.44. The second kappa shape index (κ2) is 6.96. The summed E-state index contributed by atoms with van der Waals surface area (Å²) in [7, 11) is 0. The Morgan fingerprint density at radius 3 is 2.65 bits per heavy atom. The van der Waals surface area contributed by atoms with Crippen LogP contribution in [0, 0.1) is 5.82 Å². The summed E-state index contributed by atoms with van der Waals surface area (Å²) >= 11 is 1.62. The van der Waals surface area contributed by atoms with E-state index >= 15 is 0 Å². The Labute approximate surface area is 120 Å². The van der Waals surface area contributed by atoms with Crippen molar-refractivity contribution in [3.63, 3.8) is 0 Å². The topological polar surface area (TPSA) is 46.5 Å². The van der Waals surface area contributed by atoms with E-state index in [9.17, 15) is 9.18 Å². The van der Waals surface area contributed by atoms with Crippen molar-refractivity contribution < 1.29 is 19.0 Å². The smallest absolute Gasteiger partial charge is 0.335 e. The lowest BCUT2D eigenvalue weighted by atomic mass is 10.2. The van der Waals surface area contributed by atoms with Crippen LogP contribution in [-0.4, -0.2) is 23.4 Å². The number of rotatable bonds is 6. The third-order valence-corrected chi connectivity index (χ3v) is 3.46. The highest BCUT2D eigenvalue weighted by Gasteiger charge is 2.07. The molecular weight excluding hydrogens is 279 g/mol. The molecule has 0 aliphatic rings. The SMILES string of the molecule is O=C(O)c1cc(F)cc(OCCSc2ccccc2)c1. The lowest BCUT2D eigenvalue weighted by Gasteiger charge is -2.07. The normalized spacial score (nSPS) is 10.2. The van der Waals surface area contributed by atoms with Gasteiger partial charge in [0.05, 0.1) is 12.2 Å². The van der Waals surface area contributed by atoms with Gasteiger partial charge in [-0.05, 0) is 24.3 Å². The second-order valence-corrected chi connectivity index (χ2v) is 5.16. The fraction of sp³-hybridized carbons (Fsp3) is 0.133. The van der Waals surface area contributed by atoms with Crippen molar-refractivity contribution in [1.29, 1.82) is 0 Å². The first kappa shape index (κ1) is 14.4.